The van der Waals surface area contributed by atoms with Crippen molar-refractivity contribution in [1.29, 1.82) is 0 Å². The Balaban J connectivity index is 1.44. The lowest BCUT2D eigenvalue weighted by Crippen LogP contribution is -2.39. The Labute approximate surface area is 122 Å². The highest BCUT2D eigenvalue weighted by Crippen LogP contribution is 2.41. The summed E-state index contributed by atoms with van der Waals surface area (Å²) in [5.41, 5.74) is 1.43. The van der Waals surface area contributed by atoms with E-state index in [-0.39, 0.29) is 0 Å². The van der Waals surface area contributed by atoms with E-state index < -0.39 is 0 Å². The second-order valence-electron chi connectivity index (χ2n) is 5.33. The molecule has 0 aromatic heterocycles. The van der Waals surface area contributed by atoms with Crippen molar-refractivity contribution in [2.75, 3.05) is 18.8 Å². The number of amidine groups is 2. The number of nitrogens with zero attached hydrogens (tertiary/aromatic N) is 3. The second-order valence-corrected chi connectivity index (χ2v) is 7.13. The molecule has 4 nitrogen and oxygen atoms in total. The van der Waals surface area contributed by atoms with Gasteiger partial charge < -0.3 is 10.2 Å². The largest absolute Gasteiger partial charge is 0.363 e. The van der Waals surface area contributed by atoms with Gasteiger partial charge in [0.05, 0.1) is 18.6 Å². The van der Waals surface area contributed by atoms with Crippen molar-refractivity contribution in [3.05, 3.63) is 11.1 Å². The summed E-state index contributed by atoms with van der Waals surface area (Å²) < 4.78 is 0. The maximum Gasteiger partial charge on any atom is 0.168 e. The number of aliphatic imine (C=N–C) groups is 2. The first-order chi connectivity index (χ1) is 9.42. The van der Waals surface area contributed by atoms with Crippen LogP contribution in [0.15, 0.2) is 21.1 Å². The zero-order valence-corrected chi connectivity index (χ0v) is 12.5. The fourth-order valence-electron chi connectivity index (χ4n) is 3.21. The minimum Gasteiger partial charge on any atom is -0.363 e. The SMILES string of the molecule is C1=C(CSC2=NCCN2)N2C(=N[C@H]3CCCCC32)S1. The minimum atomic E-state index is 0.562. The molecule has 0 spiro atoms. The summed E-state index contributed by atoms with van der Waals surface area (Å²) in [4.78, 5) is 11.9. The number of thioether (sulfide) groups is 2. The zero-order valence-electron chi connectivity index (χ0n) is 10.8. The summed E-state index contributed by atoms with van der Waals surface area (Å²) in [5, 5.41) is 7.96. The van der Waals surface area contributed by atoms with Crippen LogP contribution in [0.3, 0.4) is 0 Å². The molecule has 3 heterocycles. The van der Waals surface area contributed by atoms with Crippen molar-refractivity contribution in [3.63, 3.8) is 0 Å². The Morgan fingerprint density at radius 3 is 3.26 bits per heavy atom. The van der Waals surface area contributed by atoms with Crippen LogP contribution in [0.25, 0.3) is 0 Å². The van der Waals surface area contributed by atoms with Crippen LogP contribution in [-0.2, 0) is 0 Å². The number of fused-ring (bicyclic) bond motifs is 3. The monoisotopic (exact) mass is 294 g/mol. The summed E-state index contributed by atoms with van der Waals surface area (Å²) in [7, 11) is 0. The van der Waals surface area contributed by atoms with Crippen molar-refractivity contribution in [2.45, 2.75) is 37.8 Å². The predicted octanol–water partition coefficient (Wildman–Crippen LogP) is 2.25. The van der Waals surface area contributed by atoms with Crippen molar-refractivity contribution in [1.82, 2.24) is 10.2 Å². The Morgan fingerprint density at radius 2 is 2.37 bits per heavy atom. The van der Waals surface area contributed by atoms with Gasteiger partial charge in [0.25, 0.3) is 0 Å². The lowest BCUT2D eigenvalue weighted by atomic mass is 9.91. The summed E-state index contributed by atoms with van der Waals surface area (Å²) in [6.45, 7) is 1.93. The molecule has 1 unspecified atom stereocenters. The van der Waals surface area contributed by atoms with Crippen LogP contribution in [0, 0.1) is 0 Å². The first kappa shape index (κ1) is 12.1. The molecule has 1 saturated carbocycles. The molecule has 6 heteroatoms. The first-order valence-corrected chi connectivity index (χ1v) is 8.92. The third-order valence-electron chi connectivity index (χ3n) is 4.12. The van der Waals surface area contributed by atoms with Gasteiger partial charge in [0.2, 0.25) is 0 Å². The molecule has 0 bridgehead atoms. The highest BCUT2D eigenvalue weighted by molar-refractivity contribution is 8.17. The molecular weight excluding hydrogens is 276 g/mol. The van der Waals surface area contributed by atoms with Crippen LogP contribution < -0.4 is 5.32 Å². The summed E-state index contributed by atoms with van der Waals surface area (Å²) in [6.07, 6.45) is 5.30. The van der Waals surface area contributed by atoms with Gasteiger partial charge in [0.15, 0.2) is 10.3 Å². The van der Waals surface area contributed by atoms with Gasteiger partial charge in [-0.05, 0) is 18.2 Å². The Morgan fingerprint density at radius 1 is 1.42 bits per heavy atom. The van der Waals surface area contributed by atoms with Crippen LogP contribution >= 0.6 is 23.5 Å². The van der Waals surface area contributed by atoms with Gasteiger partial charge in [-0.15, -0.1) is 0 Å². The average molecular weight is 294 g/mol. The summed E-state index contributed by atoms with van der Waals surface area (Å²) in [6, 6.07) is 1.20. The molecule has 0 amide bonds. The molecule has 102 valence electrons. The van der Waals surface area contributed by atoms with Crippen molar-refractivity contribution >= 4 is 33.9 Å². The van der Waals surface area contributed by atoms with Crippen LogP contribution in [-0.4, -0.2) is 46.2 Å². The van der Waals surface area contributed by atoms with Crippen LogP contribution in [0.1, 0.15) is 25.7 Å². The molecule has 4 rings (SSSR count). The van der Waals surface area contributed by atoms with Gasteiger partial charge in [-0.25, -0.2) is 0 Å². The van der Waals surface area contributed by atoms with E-state index in [1.807, 2.05) is 23.5 Å². The topological polar surface area (TPSA) is 40.0 Å². The highest BCUT2D eigenvalue weighted by Gasteiger charge is 2.41. The molecule has 0 aromatic rings. The number of hydrogen-bond donors (Lipinski definition) is 1. The number of hydrogen-bond acceptors (Lipinski definition) is 6. The average Bonchev–Trinajstić information content (AvgIpc) is 3.13. The predicted molar refractivity (Wildman–Crippen MR) is 83.8 cm³/mol. The maximum atomic E-state index is 4.90. The van der Waals surface area contributed by atoms with Crippen LogP contribution in [0.4, 0.5) is 0 Å². The quantitative estimate of drug-likeness (QED) is 0.848. The molecule has 1 fully saturated rings. The lowest BCUT2D eigenvalue weighted by molar-refractivity contribution is 0.285. The zero-order chi connectivity index (χ0) is 12.7. The van der Waals surface area contributed by atoms with Crippen molar-refractivity contribution in [2.24, 2.45) is 9.98 Å². The standard InChI is InChI=1S/C13H18N4S2/c1-2-4-11-10(3-1)16-13-17(11)9(8-19-13)7-18-12-14-5-6-15-12/h8,10-11H,1-7H2,(H,14,15)/t10-,11?/m0/s1. The highest BCUT2D eigenvalue weighted by atomic mass is 32.2. The van der Waals surface area contributed by atoms with E-state index >= 15 is 0 Å². The molecule has 0 saturated heterocycles. The van der Waals surface area contributed by atoms with Gasteiger partial charge in [0.1, 0.15) is 0 Å². The Bertz CT molecular complexity index is 471. The van der Waals surface area contributed by atoms with Gasteiger partial charge in [-0.2, -0.15) is 0 Å². The maximum absolute atomic E-state index is 4.90. The molecule has 4 aliphatic rings. The first-order valence-electron chi connectivity index (χ1n) is 7.06. The molecule has 1 N–H and O–H groups in total. The fourth-order valence-corrected chi connectivity index (χ4v) is 5.21. The minimum absolute atomic E-state index is 0.562. The summed E-state index contributed by atoms with van der Waals surface area (Å²) in [5.74, 6) is 1.01. The van der Waals surface area contributed by atoms with E-state index in [0.29, 0.717) is 12.1 Å². The molecule has 3 aliphatic heterocycles. The van der Waals surface area contributed by atoms with Crippen molar-refractivity contribution in [3.8, 4) is 0 Å². The Kier molecular flexibility index (Phi) is 3.23. The molecular formula is C13H18N4S2. The third kappa shape index (κ3) is 2.18. The lowest BCUT2D eigenvalue weighted by Gasteiger charge is -2.31. The fraction of sp³-hybridized carbons (Fsp3) is 0.692. The van der Waals surface area contributed by atoms with Crippen LogP contribution in [0.2, 0.25) is 0 Å². The molecule has 19 heavy (non-hydrogen) atoms. The normalized spacial score (nSPS) is 32.4. The van der Waals surface area contributed by atoms with Gasteiger partial charge in [-0.3, -0.25) is 9.98 Å². The second kappa shape index (κ2) is 5.05. The smallest absolute Gasteiger partial charge is 0.168 e. The van der Waals surface area contributed by atoms with E-state index in [1.54, 1.807) is 0 Å². The molecule has 1 aliphatic carbocycles. The Hall–Kier alpha value is -0.620. The van der Waals surface area contributed by atoms with E-state index in [9.17, 15) is 0 Å². The molecule has 0 aromatic carbocycles. The van der Waals surface area contributed by atoms with Gasteiger partial charge >= 0.3 is 0 Å². The molecule has 0 radical (unpaired) electrons. The van der Waals surface area contributed by atoms with E-state index in [0.717, 1.165) is 24.0 Å². The van der Waals surface area contributed by atoms with Gasteiger partial charge in [0, 0.05) is 18.0 Å². The summed E-state index contributed by atoms with van der Waals surface area (Å²) >= 11 is 3.64. The number of rotatable bonds is 2. The number of nitrogens with one attached hydrogen (secondary N) is 1. The van der Waals surface area contributed by atoms with E-state index in [1.165, 1.54) is 36.5 Å². The van der Waals surface area contributed by atoms with Crippen molar-refractivity contribution < 1.29 is 0 Å². The van der Waals surface area contributed by atoms with Crippen LogP contribution in [0.5, 0.6) is 0 Å². The third-order valence-corrected chi connectivity index (χ3v) is 6.01. The van der Waals surface area contributed by atoms with E-state index in [2.05, 4.69) is 20.6 Å². The van der Waals surface area contributed by atoms with Gasteiger partial charge in [-0.1, -0.05) is 36.4 Å². The molecule has 2 atom stereocenters. The van der Waals surface area contributed by atoms with E-state index in [4.69, 9.17) is 4.99 Å².